The zero-order valence-corrected chi connectivity index (χ0v) is 17.7. The Morgan fingerprint density at radius 2 is 1.37 bits per heavy atom. The summed E-state index contributed by atoms with van der Waals surface area (Å²) in [6.45, 7) is 2.30. The summed E-state index contributed by atoms with van der Waals surface area (Å²) < 4.78 is 27.7. The van der Waals surface area contributed by atoms with E-state index in [1.807, 2.05) is 48.5 Å². The van der Waals surface area contributed by atoms with Crippen molar-refractivity contribution in [2.45, 2.75) is 38.4 Å². The molecule has 0 saturated carbocycles. The van der Waals surface area contributed by atoms with Crippen molar-refractivity contribution in [2.75, 3.05) is 27.4 Å². The Bertz CT molecular complexity index is 728. The van der Waals surface area contributed by atoms with E-state index in [1.54, 1.807) is 21.1 Å². The lowest BCUT2D eigenvalue weighted by Gasteiger charge is -2.29. The fraction of sp³-hybridized carbons (Fsp3) is 0.435. The average Bonchev–Trinajstić information content (AvgIpc) is 2.77. The van der Waals surface area contributed by atoms with Crippen LogP contribution < -0.4 is 9.47 Å². The highest BCUT2D eigenvalue weighted by Crippen LogP contribution is 2.18. The van der Waals surface area contributed by atoms with Gasteiger partial charge in [0.05, 0.1) is 40.1 Å². The van der Waals surface area contributed by atoms with Gasteiger partial charge in [-0.15, -0.1) is 0 Å². The van der Waals surface area contributed by atoms with Crippen molar-refractivity contribution < 1.29 is 33.6 Å². The zero-order valence-electron chi connectivity index (χ0n) is 17.7. The number of ether oxygens (including phenoxy) is 5. The summed E-state index contributed by atoms with van der Waals surface area (Å²) in [5, 5.41) is 10.3. The molecule has 0 radical (unpaired) electrons. The van der Waals surface area contributed by atoms with Crippen molar-refractivity contribution in [1.82, 2.24) is 0 Å². The number of aliphatic hydroxyl groups excluding tert-OH is 1. The second-order valence-corrected chi connectivity index (χ2v) is 6.77. The van der Waals surface area contributed by atoms with E-state index in [-0.39, 0.29) is 19.8 Å². The minimum Gasteiger partial charge on any atom is -0.497 e. The number of rotatable bonds is 14. The Morgan fingerprint density at radius 3 is 1.80 bits per heavy atom. The Balaban J connectivity index is 2.03. The Hall–Kier alpha value is -2.45. The second-order valence-electron chi connectivity index (χ2n) is 6.77. The number of carbonyl (C=O) groups is 1. The van der Waals surface area contributed by atoms with E-state index < -0.39 is 18.3 Å². The molecule has 0 aliphatic heterocycles. The smallest absolute Gasteiger partial charge is 0.145 e. The summed E-state index contributed by atoms with van der Waals surface area (Å²) in [4.78, 5) is 10.6. The molecule has 0 fully saturated rings. The maximum atomic E-state index is 10.6. The standard InChI is InChI=1S/C23H30O7/c1-17(25)23(30-15-19-6-10-21(27-3)11-7-19)22(16-28-13-12-24)29-14-18-4-8-20(26-2)9-5-18/h4-12,17,22-23,25H,13-16H2,1-3H3/t17-,22-,23-/m0/s1. The number of benzene rings is 2. The van der Waals surface area contributed by atoms with Crippen LogP contribution in [-0.2, 0) is 32.2 Å². The molecule has 2 aromatic rings. The molecule has 1 N–H and O–H groups in total. The second kappa shape index (κ2) is 13.0. The van der Waals surface area contributed by atoms with Crippen LogP contribution in [0.1, 0.15) is 18.1 Å². The molecule has 0 heterocycles. The van der Waals surface area contributed by atoms with E-state index in [2.05, 4.69) is 0 Å². The summed E-state index contributed by atoms with van der Waals surface area (Å²) >= 11 is 0. The molecule has 0 aliphatic rings. The van der Waals surface area contributed by atoms with Crippen LogP contribution in [0, 0.1) is 0 Å². The Morgan fingerprint density at radius 1 is 0.867 bits per heavy atom. The van der Waals surface area contributed by atoms with Gasteiger partial charge >= 0.3 is 0 Å². The number of carbonyl (C=O) groups excluding carboxylic acids is 1. The predicted octanol–water partition coefficient (Wildman–Crippen LogP) is 2.77. The van der Waals surface area contributed by atoms with Crippen LogP contribution in [0.3, 0.4) is 0 Å². The number of hydrogen-bond acceptors (Lipinski definition) is 7. The molecule has 164 valence electrons. The van der Waals surface area contributed by atoms with Crippen molar-refractivity contribution in [3.05, 3.63) is 59.7 Å². The SMILES string of the molecule is COc1ccc(CO[C@@H]([C@H](C)O)[C@H](COCC=O)OCc2ccc(OC)cc2)cc1. The molecule has 0 amide bonds. The highest BCUT2D eigenvalue weighted by Gasteiger charge is 2.28. The van der Waals surface area contributed by atoms with Gasteiger partial charge in [-0.3, -0.25) is 0 Å². The Labute approximate surface area is 177 Å². The van der Waals surface area contributed by atoms with Gasteiger partial charge in [0.15, 0.2) is 0 Å². The molecule has 0 aliphatic carbocycles. The van der Waals surface area contributed by atoms with Gasteiger partial charge in [0.2, 0.25) is 0 Å². The maximum Gasteiger partial charge on any atom is 0.145 e. The average molecular weight is 418 g/mol. The molecular weight excluding hydrogens is 388 g/mol. The fourth-order valence-electron chi connectivity index (χ4n) is 2.87. The lowest BCUT2D eigenvalue weighted by molar-refractivity contribution is -0.149. The third-order valence-corrected chi connectivity index (χ3v) is 4.53. The quantitative estimate of drug-likeness (QED) is 0.373. The van der Waals surface area contributed by atoms with Crippen molar-refractivity contribution >= 4 is 6.29 Å². The summed E-state index contributed by atoms with van der Waals surface area (Å²) in [5.41, 5.74) is 1.87. The molecule has 7 nitrogen and oxygen atoms in total. The first kappa shape index (κ1) is 23.8. The number of aliphatic hydroxyl groups is 1. The monoisotopic (exact) mass is 418 g/mol. The summed E-state index contributed by atoms with van der Waals surface area (Å²) in [7, 11) is 3.22. The van der Waals surface area contributed by atoms with E-state index in [4.69, 9.17) is 23.7 Å². The van der Waals surface area contributed by atoms with Crippen molar-refractivity contribution in [1.29, 1.82) is 0 Å². The number of aldehydes is 1. The lowest BCUT2D eigenvalue weighted by Crippen LogP contribution is -2.42. The molecule has 0 spiro atoms. The van der Waals surface area contributed by atoms with Crippen LogP contribution in [0.2, 0.25) is 0 Å². The highest BCUT2D eigenvalue weighted by atomic mass is 16.6. The summed E-state index contributed by atoms with van der Waals surface area (Å²) in [6, 6.07) is 15.0. The molecule has 7 heteroatoms. The number of hydrogen-bond donors (Lipinski definition) is 1. The van der Waals surface area contributed by atoms with E-state index >= 15 is 0 Å². The van der Waals surface area contributed by atoms with Gasteiger partial charge in [0.1, 0.15) is 36.6 Å². The molecule has 30 heavy (non-hydrogen) atoms. The van der Waals surface area contributed by atoms with Crippen molar-refractivity contribution in [2.24, 2.45) is 0 Å². The van der Waals surface area contributed by atoms with E-state index in [9.17, 15) is 9.90 Å². The van der Waals surface area contributed by atoms with Crippen LogP contribution in [-0.4, -0.2) is 57.1 Å². The molecule has 0 saturated heterocycles. The van der Waals surface area contributed by atoms with E-state index in [1.165, 1.54) is 0 Å². The van der Waals surface area contributed by atoms with Gasteiger partial charge in [0.25, 0.3) is 0 Å². The van der Waals surface area contributed by atoms with E-state index in [0.29, 0.717) is 12.9 Å². The predicted molar refractivity (Wildman–Crippen MR) is 112 cm³/mol. The van der Waals surface area contributed by atoms with Crippen LogP contribution in [0.25, 0.3) is 0 Å². The minimum absolute atomic E-state index is 0.0482. The van der Waals surface area contributed by atoms with Crippen molar-refractivity contribution in [3.8, 4) is 11.5 Å². The molecule has 2 aromatic carbocycles. The fourth-order valence-corrected chi connectivity index (χ4v) is 2.87. The first-order valence-corrected chi connectivity index (χ1v) is 9.76. The van der Waals surface area contributed by atoms with Crippen LogP contribution in [0.15, 0.2) is 48.5 Å². The Kier molecular flexibility index (Phi) is 10.3. The van der Waals surface area contributed by atoms with Gasteiger partial charge in [0, 0.05) is 0 Å². The van der Waals surface area contributed by atoms with Crippen LogP contribution in [0.4, 0.5) is 0 Å². The van der Waals surface area contributed by atoms with Crippen LogP contribution in [0.5, 0.6) is 11.5 Å². The van der Waals surface area contributed by atoms with Gasteiger partial charge in [-0.2, -0.15) is 0 Å². The van der Waals surface area contributed by atoms with E-state index in [0.717, 1.165) is 22.6 Å². The minimum atomic E-state index is -0.802. The normalized spacial score (nSPS) is 14.0. The third-order valence-electron chi connectivity index (χ3n) is 4.53. The summed E-state index contributed by atoms with van der Waals surface area (Å²) in [5.74, 6) is 1.52. The summed E-state index contributed by atoms with van der Waals surface area (Å²) in [6.07, 6.45) is -1.33. The van der Waals surface area contributed by atoms with Gasteiger partial charge in [-0.25, -0.2) is 0 Å². The van der Waals surface area contributed by atoms with Crippen molar-refractivity contribution in [3.63, 3.8) is 0 Å². The third kappa shape index (κ3) is 7.76. The first-order chi connectivity index (χ1) is 14.6. The molecular formula is C23H30O7. The zero-order chi connectivity index (χ0) is 21.8. The molecule has 2 rings (SSSR count). The molecule has 0 bridgehead atoms. The topological polar surface area (TPSA) is 83.5 Å². The van der Waals surface area contributed by atoms with Gasteiger partial charge in [-0.05, 0) is 42.3 Å². The van der Waals surface area contributed by atoms with Gasteiger partial charge < -0.3 is 33.6 Å². The largest absolute Gasteiger partial charge is 0.497 e. The highest BCUT2D eigenvalue weighted by molar-refractivity contribution is 5.50. The first-order valence-electron chi connectivity index (χ1n) is 9.76. The maximum absolute atomic E-state index is 10.6. The lowest BCUT2D eigenvalue weighted by atomic mass is 10.1. The molecule has 0 unspecified atom stereocenters. The number of methoxy groups -OCH3 is 2. The van der Waals surface area contributed by atoms with Crippen LogP contribution >= 0.6 is 0 Å². The van der Waals surface area contributed by atoms with Gasteiger partial charge in [-0.1, -0.05) is 24.3 Å². The molecule has 0 aromatic heterocycles. The molecule has 3 atom stereocenters.